The van der Waals surface area contributed by atoms with Crippen molar-refractivity contribution in [3.63, 3.8) is 0 Å². The van der Waals surface area contributed by atoms with Crippen molar-refractivity contribution in [1.82, 2.24) is 4.98 Å². The second-order valence-corrected chi connectivity index (χ2v) is 4.74. The van der Waals surface area contributed by atoms with Gasteiger partial charge in [0, 0.05) is 11.6 Å². The second kappa shape index (κ2) is 3.71. The molecule has 1 heterocycles. The zero-order valence-electron chi connectivity index (χ0n) is 6.73. The highest BCUT2D eigenvalue weighted by atomic mass is 32.2. The summed E-state index contributed by atoms with van der Waals surface area (Å²) in [5.74, 6) is 0. The van der Waals surface area contributed by atoms with Crippen LogP contribution in [0.3, 0.4) is 0 Å². The number of aromatic nitrogens is 1. The van der Waals surface area contributed by atoms with Gasteiger partial charge in [0.25, 0.3) is 10.0 Å². The molecule has 0 radical (unpaired) electrons. The van der Waals surface area contributed by atoms with Gasteiger partial charge in [0.2, 0.25) is 0 Å². The molecule has 0 spiro atoms. The van der Waals surface area contributed by atoms with Gasteiger partial charge in [-0.25, -0.2) is 13.4 Å². The highest BCUT2D eigenvalue weighted by Gasteiger charge is 2.13. The molecular formula is C7H8N2O2S2. The number of anilines is 1. The highest BCUT2D eigenvalue weighted by Crippen LogP contribution is 2.15. The number of rotatable bonds is 4. The molecule has 0 amide bonds. The van der Waals surface area contributed by atoms with Crippen molar-refractivity contribution in [2.75, 3.05) is 4.72 Å². The van der Waals surface area contributed by atoms with Crippen LogP contribution in [0, 0.1) is 0 Å². The first-order valence-corrected chi connectivity index (χ1v) is 5.66. The Kier molecular flexibility index (Phi) is 2.84. The van der Waals surface area contributed by atoms with Crippen molar-refractivity contribution in [3.8, 4) is 0 Å². The van der Waals surface area contributed by atoms with Crippen LogP contribution in [0.15, 0.2) is 35.7 Å². The monoisotopic (exact) mass is 216 g/mol. The number of allylic oxidation sites excluding steroid dienone is 1. The first kappa shape index (κ1) is 9.94. The molecular weight excluding hydrogens is 208 g/mol. The van der Waals surface area contributed by atoms with E-state index in [1.807, 2.05) is 0 Å². The lowest BCUT2D eigenvalue weighted by Crippen LogP contribution is -2.12. The van der Waals surface area contributed by atoms with Crippen LogP contribution in [0.1, 0.15) is 0 Å². The Morgan fingerprint density at radius 3 is 2.85 bits per heavy atom. The van der Waals surface area contributed by atoms with Crippen molar-refractivity contribution < 1.29 is 8.42 Å². The summed E-state index contributed by atoms with van der Waals surface area (Å²) < 4.78 is 24.9. The van der Waals surface area contributed by atoms with Gasteiger partial charge in [-0.15, -0.1) is 11.3 Å². The summed E-state index contributed by atoms with van der Waals surface area (Å²) in [5.41, 5.74) is 0. The maximum Gasteiger partial charge on any atom is 0.263 e. The lowest BCUT2D eigenvalue weighted by atomic mass is 10.6. The van der Waals surface area contributed by atoms with Gasteiger partial charge in [0.15, 0.2) is 5.13 Å². The molecule has 13 heavy (non-hydrogen) atoms. The normalized spacial score (nSPS) is 10.8. The summed E-state index contributed by atoms with van der Waals surface area (Å²) in [4.78, 5) is 3.70. The zero-order chi connectivity index (χ0) is 9.90. The molecule has 6 heteroatoms. The minimum atomic E-state index is -3.55. The Balaban J connectivity index is 2.86. The fourth-order valence-corrected chi connectivity index (χ4v) is 2.09. The smallest absolute Gasteiger partial charge is 0.255 e. The van der Waals surface area contributed by atoms with Gasteiger partial charge in [-0.3, -0.25) is 4.72 Å². The molecule has 0 unspecified atom stereocenters. The van der Waals surface area contributed by atoms with E-state index >= 15 is 0 Å². The van der Waals surface area contributed by atoms with Crippen LogP contribution in [0.25, 0.3) is 0 Å². The van der Waals surface area contributed by atoms with Gasteiger partial charge in [-0.1, -0.05) is 13.2 Å². The van der Waals surface area contributed by atoms with Crippen LogP contribution < -0.4 is 4.72 Å². The van der Waals surface area contributed by atoms with E-state index in [1.54, 1.807) is 5.38 Å². The molecule has 0 aliphatic carbocycles. The minimum absolute atomic E-state index is 0.0669. The van der Waals surface area contributed by atoms with Gasteiger partial charge in [-0.2, -0.15) is 0 Å². The number of sulfonamides is 1. The Morgan fingerprint density at radius 2 is 2.38 bits per heavy atom. The average molecular weight is 216 g/mol. The van der Waals surface area contributed by atoms with Crippen molar-refractivity contribution >= 4 is 26.5 Å². The Morgan fingerprint density at radius 1 is 1.69 bits per heavy atom. The van der Waals surface area contributed by atoms with Crippen LogP contribution in [-0.2, 0) is 10.0 Å². The number of thiazole rings is 1. The fourth-order valence-electron chi connectivity index (χ4n) is 0.564. The van der Waals surface area contributed by atoms with Crippen molar-refractivity contribution in [1.29, 1.82) is 0 Å². The molecule has 0 bridgehead atoms. The van der Waals surface area contributed by atoms with E-state index in [9.17, 15) is 8.42 Å². The summed E-state index contributed by atoms with van der Waals surface area (Å²) in [6, 6.07) is 0. The molecule has 0 aliphatic rings. The molecule has 0 atom stereocenters. The molecule has 1 aromatic heterocycles. The average Bonchev–Trinajstić information content (AvgIpc) is 2.54. The van der Waals surface area contributed by atoms with Gasteiger partial charge in [-0.05, 0) is 6.08 Å². The SMILES string of the molecule is C=CC(=C)S(=O)(=O)Nc1nccs1. The van der Waals surface area contributed by atoms with E-state index in [4.69, 9.17) is 0 Å². The van der Waals surface area contributed by atoms with E-state index in [-0.39, 0.29) is 4.91 Å². The standard InChI is InChI=1S/C7H8N2O2S2/c1-3-6(2)13(10,11)9-7-8-4-5-12-7/h3-5H,1-2H2,(H,8,9). The summed E-state index contributed by atoms with van der Waals surface area (Å²) in [7, 11) is -3.55. The van der Waals surface area contributed by atoms with Crippen LogP contribution in [0.2, 0.25) is 0 Å². The van der Waals surface area contributed by atoms with Gasteiger partial charge >= 0.3 is 0 Å². The number of hydrogen-bond donors (Lipinski definition) is 1. The van der Waals surface area contributed by atoms with Crippen LogP contribution in [-0.4, -0.2) is 13.4 Å². The van der Waals surface area contributed by atoms with E-state index in [0.717, 1.165) is 0 Å². The molecule has 0 aromatic carbocycles. The molecule has 0 aliphatic heterocycles. The van der Waals surface area contributed by atoms with E-state index in [1.165, 1.54) is 23.6 Å². The minimum Gasteiger partial charge on any atom is -0.255 e. The van der Waals surface area contributed by atoms with Crippen LogP contribution >= 0.6 is 11.3 Å². The van der Waals surface area contributed by atoms with Crippen molar-refractivity contribution in [2.24, 2.45) is 0 Å². The summed E-state index contributed by atoms with van der Waals surface area (Å²) in [6.45, 7) is 6.65. The van der Waals surface area contributed by atoms with E-state index in [0.29, 0.717) is 5.13 Å². The lowest BCUT2D eigenvalue weighted by molar-refractivity contribution is 0.608. The quantitative estimate of drug-likeness (QED) is 0.777. The van der Waals surface area contributed by atoms with Crippen molar-refractivity contribution in [2.45, 2.75) is 0 Å². The number of nitrogens with zero attached hydrogens (tertiary/aromatic N) is 1. The molecule has 0 fully saturated rings. The molecule has 4 nitrogen and oxygen atoms in total. The third kappa shape index (κ3) is 2.40. The zero-order valence-corrected chi connectivity index (χ0v) is 8.36. The Hall–Kier alpha value is -1.14. The topological polar surface area (TPSA) is 59.1 Å². The third-order valence-corrected chi connectivity index (χ3v) is 3.36. The summed E-state index contributed by atoms with van der Waals surface area (Å²) in [6.07, 6.45) is 2.69. The van der Waals surface area contributed by atoms with Gasteiger partial charge in [0.05, 0.1) is 4.91 Å². The predicted molar refractivity (Wildman–Crippen MR) is 54.0 cm³/mol. The molecule has 0 saturated carbocycles. The number of hydrogen-bond acceptors (Lipinski definition) is 4. The van der Waals surface area contributed by atoms with Gasteiger partial charge < -0.3 is 0 Å². The fraction of sp³-hybridized carbons (Fsp3) is 0. The lowest BCUT2D eigenvalue weighted by Gasteiger charge is -2.02. The first-order chi connectivity index (χ1) is 6.06. The summed E-state index contributed by atoms with van der Waals surface area (Å²) >= 11 is 1.20. The predicted octanol–water partition coefficient (Wildman–Crippen LogP) is 1.58. The van der Waals surface area contributed by atoms with E-state index < -0.39 is 10.0 Å². The molecule has 1 rings (SSSR count). The second-order valence-electron chi connectivity index (χ2n) is 2.11. The first-order valence-electron chi connectivity index (χ1n) is 3.30. The third-order valence-electron chi connectivity index (χ3n) is 1.23. The Labute approximate surface area is 80.7 Å². The molecule has 1 aromatic rings. The van der Waals surface area contributed by atoms with Crippen LogP contribution in [0.4, 0.5) is 5.13 Å². The van der Waals surface area contributed by atoms with E-state index in [2.05, 4.69) is 22.9 Å². The van der Waals surface area contributed by atoms with Crippen LogP contribution in [0.5, 0.6) is 0 Å². The largest absolute Gasteiger partial charge is 0.263 e. The maximum absolute atomic E-state index is 11.3. The molecule has 1 N–H and O–H groups in total. The molecule has 70 valence electrons. The maximum atomic E-state index is 11.3. The van der Waals surface area contributed by atoms with Crippen molar-refractivity contribution in [3.05, 3.63) is 35.7 Å². The summed E-state index contributed by atoms with van der Waals surface area (Å²) in [5, 5.41) is 2.00. The number of nitrogens with one attached hydrogen (secondary N) is 1. The van der Waals surface area contributed by atoms with Gasteiger partial charge in [0.1, 0.15) is 0 Å². The molecule has 0 saturated heterocycles. The Bertz CT molecular complexity index is 406. The highest BCUT2D eigenvalue weighted by molar-refractivity contribution is 7.96.